The lowest BCUT2D eigenvalue weighted by atomic mass is 9.99. The molecule has 1 heterocycles. The van der Waals surface area contributed by atoms with Gasteiger partial charge in [-0.2, -0.15) is 0 Å². The zero-order valence-corrected chi connectivity index (χ0v) is 11.5. The van der Waals surface area contributed by atoms with Crippen LogP contribution in [0.25, 0.3) is 11.1 Å². The van der Waals surface area contributed by atoms with Gasteiger partial charge in [-0.3, -0.25) is 4.98 Å². The molecule has 0 fully saturated rings. The Morgan fingerprint density at radius 2 is 2.10 bits per heavy atom. The Hall–Kier alpha value is -2.14. The number of methoxy groups -OCH3 is 1. The number of pyridine rings is 1. The van der Waals surface area contributed by atoms with Crippen LogP contribution in [-0.4, -0.2) is 23.2 Å². The highest BCUT2D eigenvalue weighted by molar-refractivity contribution is 6.32. The SMILES string of the molecule is COc1cc(C(=O)O)c(-c2ccnc(C)c2F)cc1Cl. The molecule has 0 saturated carbocycles. The summed E-state index contributed by atoms with van der Waals surface area (Å²) in [4.78, 5) is 15.1. The van der Waals surface area contributed by atoms with Crippen LogP contribution in [0.5, 0.6) is 5.75 Å². The van der Waals surface area contributed by atoms with Crippen LogP contribution in [0.1, 0.15) is 16.1 Å². The zero-order chi connectivity index (χ0) is 14.9. The number of nitrogens with zero attached hydrogens (tertiary/aromatic N) is 1. The van der Waals surface area contributed by atoms with Crippen LogP contribution in [0.4, 0.5) is 4.39 Å². The highest BCUT2D eigenvalue weighted by atomic mass is 35.5. The second-order valence-electron chi connectivity index (χ2n) is 4.10. The van der Waals surface area contributed by atoms with Crippen molar-refractivity contribution in [3.63, 3.8) is 0 Å². The normalized spacial score (nSPS) is 10.4. The number of benzene rings is 1. The topological polar surface area (TPSA) is 59.4 Å². The fourth-order valence-corrected chi connectivity index (χ4v) is 2.11. The van der Waals surface area contributed by atoms with Gasteiger partial charge >= 0.3 is 5.97 Å². The van der Waals surface area contributed by atoms with Crippen LogP contribution in [-0.2, 0) is 0 Å². The molecule has 0 bridgehead atoms. The van der Waals surface area contributed by atoms with Crippen molar-refractivity contribution in [3.8, 4) is 16.9 Å². The minimum Gasteiger partial charge on any atom is -0.495 e. The lowest BCUT2D eigenvalue weighted by Crippen LogP contribution is -2.03. The molecule has 1 aromatic heterocycles. The molecule has 0 atom stereocenters. The van der Waals surface area contributed by atoms with Gasteiger partial charge in [-0.15, -0.1) is 0 Å². The molecule has 0 unspecified atom stereocenters. The summed E-state index contributed by atoms with van der Waals surface area (Å²) in [5.74, 6) is -1.54. The van der Waals surface area contributed by atoms with E-state index in [0.717, 1.165) is 0 Å². The molecule has 0 aliphatic rings. The summed E-state index contributed by atoms with van der Waals surface area (Å²) < 4.78 is 19.1. The number of hydrogen-bond donors (Lipinski definition) is 1. The van der Waals surface area contributed by atoms with Gasteiger partial charge in [-0.1, -0.05) is 11.6 Å². The average molecular weight is 296 g/mol. The third-order valence-corrected chi connectivity index (χ3v) is 3.17. The number of halogens is 2. The average Bonchev–Trinajstić information content (AvgIpc) is 2.41. The first kappa shape index (κ1) is 14.3. The predicted octanol–water partition coefficient (Wildman–Crippen LogP) is 3.56. The molecule has 1 aromatic carbocycles. The number of aromatic nitrogens is 1. The molecule has 2 aromatic rings. The van der Waals surface area contributed by atoms with Crippen molar-refractivity contribution >= 4 is 17.6 Å². The summed E-state index contributed by atoms with van der Waals surface area (Å²) in [6.45, 7) is 1.50. The molecule has 0 amide bonds. The zero-order valence-electron chi connectivity index (χ0n) is 10.8. The first-order valence-corrected chi connectivity index (χ1v) is 6.05. The molecular formula is C14H11ClFNO3. The molecule has 4 nitrogen and oxygen atoms in total. The lowest BCUT2D eigenvalue weighted by molar-refractivity contribution is 0.0697. The van der Waals surface area contributed by atoms with Crippen molar-refractivity contribution in [1.29, 1.82) is 0 Å². The van der Waals surface area contributed by atoms with Crippen molar-refractivity contribution in [2.75, 3.05) is 7.11 Å². The molecule has 0 saturated heterocycles. The maximum absolute atomic E-state index is 14.1. The number of carboxylic acids is 1. The summed E-state index contributed by atoms with van der Waals surface area (Å²) in [6, 6.07) is 4.06. The second kappa shape index (κ2) is 5.46. The van der Waals surface area contributed by atoms with Crippen LogP contribution < -0.4 is 4.74 Å². The van der Waals surface area contributed by atoms with Crippen LogP contribution >= 0.6 is 11.6 Å². The molecule has 0 aliphatic carbocycles. The van der Waals surface area contributed by atoms with Crippen LogP contribution in [0, 0.1) is 12.7 Å². The maximum atomic E-state index is 14.1. The standard InChI is InChI=1S/C14H11ClFNO3/c1-7-13(16)8(3-4-17-7)9-5-11(15)12(20-2)6-10(9)14(18)19/h3-6H,1-2H3,(H,18,19). The third-order valence-electron chi connectivity index (χ3n) is 2.88. The summed E-state index contributed by atoms with van der Waals surface area (Å²) in [5, 5.41) is 9.47. The number of ether oxygens (including phenoxy) is 1. The minimum absolute atomic E-state index is 0.0873. The Labute approximate surface area is 119 Å². The van der Waals surface area contributed by atoms with Gasteiger partial charge in [0, 0.05) is 17.3 Å². The van der Waals surface area contributed by atoms with Crippen LogP contribution in [0.3, 0.4) is 0 Å². The highest BCUT2D eigenvalue weighted by Crippen LogP contribution is 2.35. The molecule has 20 heavy (non-hydrogen) atoms. The van der Waals surface area contributed by atoms with Gasteiger partial charge in [0.25, 0.3) is 0 Å². The van der Waals surface area contributed by atoms with E-state index in [9.17, 15) is 14.3 Å². The number of carbonyl (C=O) groups is 1. The summed E-state index contributed by atoms with van der Waals surface area (Å²) in [5.41, 5.74) is 0.423. The Morgan fingerprint density at radius 3 is 2.70 bits per heavy atom. The van der Waals surface area contributed by atoms with Crippen molar-refractivity contribution < 1.29 is 19.0 Å². The number of aryl methyl sites for hydroxylation is 1. The summed E-state index contributed by atoms with van der Waals surface area (Å²) >= 11 is 5.99. The third kappa shape index (κ3) is 2.44. The van der Waals surface area contributed by atoms with E-state index in [-0.39, 0.29) is 33.2 Å². The van der Waals surface area contributed by atoms with Gasteiger partial charge in [0.15, 0.2) is 5.82 Å². The fourth-order valence-electron chi connectivity index (χ4n) is 1.87. The van der Waals surface area contributed by atoms with Crippen LogP contribution in [0.15, 0.2) is 24.4 Å². The molecule has 0 aliphatic heterocycles. The van der Waals surface area contributed by atoms with E-state index in [4.69, 9.17) is 16.3 Å². The van der Waals surface area contributed by atoms with Crippen molar-refractivity contribution in [1.82, 2.24) is 4.98 Å². The van der Waals surface area contributed by atoms with E-state index in [2.05, 4.69) is 4.98 Å². The van der Waals surface area contributed by atoms with Crippen molar-refractivity contribution in [2.45, 2.75) is 6.92 Å². The predicted molar refractivity (Wildman–Crippen MR) is 72.9 cm³/mol. The fraction of sp³-hybridized carbons (Fsp3) is 0.143. The molecule has 2 rings (SSSR count). The van der Waals surface area contributed by atoms with E-state index in [0.29, 0.717) is 0 Å². The van der Waals surface area contributed by atoms with Gasteiger partial charge in [0.05, 0.1) is 23.4 Å². The Balaban J connectivity index is 2.76. The van der Waals surface area contributed by atoms with E-state index in [1.807, 2.05) is 0 Å². The monoisotopic (exact) mass is 295 g/mol. The quantitative estimate of drug-likeness (QED) is 0.940. The number of hydrogen-bond acceptors (Lipinski definition) is 3. The lowest BCUT2D eigenvalue weighted by Gasteiger charge is -2.12. The molecule has 104 valence electrons. The molecule has 0 radical (unpaired) electrons. The molecule has 1 N–H and O–H groups in total. The number of rotatable bonds is 3. The number of carboxylic acid groups (broad SMARTS) is 1. The molecular weight excluding hydrogens is 285 g/mol. The second-order valence-corrected chi connectivity index (χ2v) is 4.50. The van der Waals surface area contributed by atoms with E-state index >= 15 is 0 Å². The molecule has 6 heteroatoms. The first-order chi connectivity index (χ1) is 9.45. The maximum Gasteiger partial charge on any atom is 0.336 e. The van der Waals surface area contributed by atoms with E-state index in [1.165, 1.54) is 38.4 Å². The van der Waals surface area contributed by atoms with Gasteiger partial charge in [0.2, 0.25) is 0 Å². The summed E-state index contributed by atoms with van der Waals surface area (Å²) in [7, 11) is 1.38. The van der Waals surface area contributed by atoms with E-state index in [1.54, 1.807) is 0 Å². The van der Waals surface area contributed by atoms with Crippen molar-refractivity contribution in [2.24, 2.45) is 0 Å². The number of aromatic carboxylic acids is 1. The minimum atomic E-state index is -1.19. The van der Waals surface area contributed by atoms with Gasteiger partial charge < -0.3 is 9.84 Å². The Kier molecular flexibility index (Phi) is 3.90. The smallest absolute Gasteiger partial charge is 0.336 e. The largest absolute Gasteiger partial charge is 0.495 e. The van der Waals surface area contributed by atoms with Gasteiger partial charge in [-0.05, 0) is 25.1 Å². The van der Waals surface area contributed by atoms with E-state index < -0.39 is 11.8 Å². The Bertz CT molecular complexity index is 688. The molecule has 0 spiro atoms. The van der Waals surface area contributed by atoms with Crippen LogP contribution in [0.2, 0.25) is 5.02 Å². The Morgan fingerprint density at radius 1 is 1.40 bits per heavy atom. The van der Waals surface area contributed by atoms with Crippen molar-refractivity contribution in [3.05, 3.63) is 46.5 Å². The summed E-state index contributed by atoms with van der Waals surface area (Å²) in [6.07, 6.45) is 1.41. The van der Waals surface area contributed by atoms with Gasteiger partial charge in [0.1, 0.15) is 5.75 Å². The first-order valence-electron chi connectivity index (χ1n) is 5.68. The highest BCUT2D eigenvalue weighted by Gasteiger charge is 2.19. The van der Waals surface area contributed by atoms with Gasteiger partial charge in [-0.25, -0.2) is 9.18 Å².